The molecule has 0 saturated heterocycles. The number of hydrogen-bond donors (Lipinski definition) is 2. The third-order valence-electron chi connectivity index (χ3n) is 1.99. The minimum Gasteiger partial charge on any atom is -0.320 e. The van der Waals surface area contributed by atoms with Gasteiger partial charge in [0.2, 0.25) is 0 Å². The lowest BCUT2D eigenvalue weighted by Crippen LogP contribution is -2.10. The maximum Gasteiger partial charge on any atom is 0.265 e. The van der Waals surface area contributed by atoms with E-state index >= 15 is 0 Å². The van der Waals surface area contributed by atoms with E-state index in [2.05, 4.69) is 49.8 Å². The molecule has 2 aromatic rings. The van der Waals surface area contributed by atoms with E-state index in [-0.39, 0.29) is 5.91 Å². The average molecular weight is 393 g/mol. The molecular weight excluding hydrogens is 386 g/mol. The van der Waals surface area contributed by atoms with Crippen molar-refractivity contribution in [3.8, 4) is 0 Å². The number of nitrogens with one attached hydrogen (secondary N) is 1. The van der Waals surface area contributed by atoms with Gasteiger partial charge in [0.15, 0.2) is 0 Å². The molecule has 1 N–H and O–H groups in total. The lowest BCUT2D eigenvalue weighted by atomic mass is 10.3. The molecule has 88 valence electrons. The van der Waals surface area contributed by atoms with Crippen LogP contribution in [0.25, 0.3) is 0 Å². The highest BCUT2D eigenvalue weighted by Crippen LogP contribution is 2.27. The van der Waals surface area contributed by atoms with E-state index in [0.717, 1.165) is 19.5 Å². The largest absolute Gasteiger partial charge is 0.320 e. The lowest BCUT2D eigenvalue weighted by molar-refractivity contribution is 0.103. The zero-order valence-corrected chi connectivity index (χ0v) is 13.3. The fourth-order valence-electron chi connectivity index (χ4n) is 1.22. The second-order valence-electron chi connectivity index (χ2n) is 3.25. The highest BCUT2D eigenvalue weighted by Gasteiger charge is 2.10. The summed E-state index contributed by atoms with van der Waals surface area (Å²) in [6.07, 6.45) is 0. The van der Waals surface area contributed by atoms with Crippen LogP contribution in [-0.4, -0.2) is 5.91 Å². The van der Waals surface area contributed by atoms with Gasteiger partial charge >= 0.3 is 0 Å². The first-order valence-corrected chi connectivity index (χ1v) is 7.51. The topological polar surface area (TPSA) is 29.1 Å². The summed E-state index contributed by atoms with van der Waals surface area (Å²) in [6, 6.07) is 7.36. The van der Waals surface area contributed by atoms with Crippen molar-refractivity contribution in [3.63, 3.8) is 0 Å². The van der Waals surface area contributed by atoms with E-state index in [4.69, 9.17) is 0 Å². The summed E-state index contributed by atoms with van der Waals surface area (Å²) in [5, 5.41) is 4.67. The number of carbonyl (C=O) groups is 1. The normalized spacial score (nSPS) is 10.3. The van der Waals surface area contributed by atoms with Crippen LogP contribution in [-0.2, 0) is 0 Å². The predicted octanol–water partition coefficient (Wildman–Crippen LogP) is 4.81. The van der Waals surface area contributed by atoms with Gasteiger partial charge in [0.05, 0.1) is 10.6 Å². The molecule has 0 atom stereocenters. The Balaban J connectivity index is 2.21. The molecule has 2 nitrogen and oxygen atoms in total. The third kappa shape index (κ3) is 3.34. The van der Waals surface area contributed by atoms with Crippen molar-refractivity contribution >= 4 is 67.4 Å². The summed E-state index contributed by atoms with van der Waals surface area (Å²) in [4.78, 5) is 13.4. The van der Waals surface area contributed by atoms with Gasteiger partial charge in [-0.25, -0.2) is 0 Å². The molecule has 2 rings (SSSR count). The van der Waals surface area contributed by atoms with Gasteiger partial charge in [-0.15, -0.1) is 24.0 Å². The second-order valence-corrected chi connectivity index (χ2v) is 6.45. The van der Waals surface area contributed by atoms with Gasteiger partial charge in [0.1, 0.15) is 0 Å². The van der Waals surface area contributed by atoms with Gasteiger partial charge < -0.3 is 5.32 Å². The minimum absolute atomic E-state index is 0.130. The maximum atomic E-state index is 11.9. The van der Waals surface area contributed by atoms with Crippen molar-refractivity contribution in [2.45, 2.75) is 4.90 Å². The van der Waals surface area contributed by atoms with E-state index in [1.165, 1.54) is 11.3 Å². The van der Waals surface area contributed by atoms with Crippen LogP contribution in [0.3, 0.4) is 0 Å². The van der Waals surface area contributed by atoms with Crippen LogP contribution in [0.5, 0.6) is 0 Å². The molecule has 1 heterocycles. The molecule has 17 heavy (non-hydrogen) atoms. The Morgan fingerprint density at radius 3 is 2.71 bits per heavy atom. The standard InChI is InChI=1S/C11H7Br2NOS2/c12-6-1-2-8(13)9(3-6)14-11(15)10-4-7(16)5-17-10/h1-5,16H,(H,14,15). The zero-order valence-electron chi connectivity index (χ0n) is 8.41. The first-order chi connectivity index (χ1) is 8.06. The number of halogens is 2. The monoisotopic (exact) mass is 391 g/mol. The van der Waals surface area contributed by atoms with E-state index < -0.39 is 0 Å². The summed E-state index contributed by atoms with van der Waals surface area (Å²) < 4.78 is 1.76. The molecule has 0 aliphatic heterocycles. The first kappa shape index (κ1) is 13.1. The van der Waals surface area contributed by atoms with Crippen LogP contribution in [0.2, 0.25) is 0 Å². The van der Waals surface area contributed by atoms with Crippen molar-refractivity contribution in [1.29, 1.82) is 0 Å². The Morgan fingerprint density at radius 1 is 1.29 bits per heavy atom. The zero-order chi connectivity index (χ0) is 12.4. The van der Waals surface area contributed by atoms with Crippen molar-refractivity contribution < 1.29 is 4.79 Å². The predicted molar refractivity (Wildman–Crippen MR) is 81.4 cm³/mol. The molecule has 0 fully saturated rings. The number of rotatable bonds is 2. The number of amides is 1. The van der Waals surface area contributed by atoms with Crippen molar-refractivity contribution in [2.75, 3.05) is 5.32 Å². The fourth-order valence-corrected chi connectivity index (χ4v) is 2.97. The summed E-state index contributed by atoms with van der Waals surface area (Å²) in [7, 11) is 0. The van der Waals surface area contributed by atoms with Crippen molar-refractivity contribution in [1.82, 2.24) is 0 Å². The van der Waals surface area contributed by atoms with Gasteiger partial charge in [-0.1, -0.05) is 15.9 Å². The number of thiophene rings is 1. The number of hydrogen-bond acceptors (Lipinski definition) is 3. The highest BCUT2D eigenvalue weighted by atomic mass is 79.9. The van der Waals surface area contributed by atoms with Gasteiger partial charge in [-0.2, -0.15) is 0 Å². The van der Waals surface area contributed by atoms with Gasteiger partial charge in [0.25, 0.3) is 5.91 Å². The summed E-state index contributed by atoms with van der Waals surface area (Å²) >= 11 is 12.3. The molecule has 0 saturated carbocycles. The Hall–Kier alpha value is -0.300. The van der Waals surface area contributed by atoms with Crippen LogP contribution in [0, 0.1) is 0 Å². The van der Waals surface area contributed by atoms with Gasteiger partial charge in [0, 0.05) is 19.2 Å². The van der Waals surface area contributed by atoms with Crippen LogP contribution >= 0.6 is 55.8 Å². The molecule has 1 amide bonds. The molecule has 0 bridgehead atoms. The smallest absolute Gasteiger partial charge is 0.265 e. The van der Waals surface area contributed by atoms with Crippen LogP contribution < -0.4 is 5.32 Å². The fraction of sp³-hybridized carbons (Fsp3) is 0. The minimum atomic E-state index is -0.130. The number of benzene rings is 1. The average Bonchev–Trinajstić information content (AvgIpc) is 2.70. The highest BCUT2D eigenvalue weighted by molar-refractivity contribution is 9.11. The van der Waals surface area contributed by atoms with Crippen LogP contribution in [0.1, 0.15) is 9.67 Å². The number of carbonyl (C=O) groups excluding carboxylic acids is 1. The van der Waals surface area contributed by atoms with Crippen LogP contribution in [0.15, 0.2) is 43.5 Å². The number of thiol groups is 1. The Bertz CT molecular complexity index is 568. The Labute approximate surface area is 125 Å². The molecule has 0 aliphatic rings. The summed E-state index contributed by atoms with van der Waals surface area (Å²) in [5.41, 5.74) is 0.735. The SMILES string of the molecule is O=C(Nc1cc(Br)ccc1Br)c1cc(S)cs1. The molecule has 0 aliphatic carbocycles. The maximum absolute atomic E-state index is 11.9. The summed E-state index contributed by atoms with van der Waals surface area (Å²) in [5.74, 6) is -0.130. The lowest BCUT2D eigenvalue weighted by Gasteiger charge is -2.06. The summed E-state index contributed by atoms with van der Waals surface area (Å²) in [6.45, 7) is 0. The molecule has 0 unspecified atom stereocenters. The second kappa shape index (κ2) is 5.56. The van der Waals surface area contributed by atoms with E-state index in [9.17, 15) is 4.79 Å². The van der Waals surface area contributed by atoms with Gasteiger partial charge in [-0.05, 0) is 40.2 Å². The quantitative estimate of drug-likeness (QED) is 0.705. The molecule has 6 heteroatoms. The molecule has 1 aromatic heterocycles. The van der Waals surface area contributed by atoms with Crippen molar-refractivity contribution in [3.05, 3.63) is 43.5 Å². The number of anilines is 1. The van der Waals surface area contributed by atoms with E-state index in [1.807, 2.05) is 23.6 Å². The Kier molecular flexibility index (Phi) is 4.30. The van der Waals surface area contributed by atoms with Crippen molar-refractivity contribution in [2.24, 2.45) is 0 Å². The Morgan fingerprint density at radius 2 is 2.06 bits per heavy atom. The van der Waals surface area contributed by atoms with Gasteiger partial charge in [-0.3, -0.25) is 4.79 Å². The molecule has 0 spiro atoms. The third-order valence-corrected chi connectivity index (χ3v) is 4.53. The first-order valence-electron chi connectivity index (χ1n) is 4.60. The van der Waals surface area contributed by atoms with E-state index in [1.54, 1.807) is 6.07 Å². The molecule has 0 radical (unpaired) electrons. The van der Waals surface area contributed by atoms with Crippen LogP contribution in [0.4, 0.5) is 5.69 Å². The molecular formula is C11H7Br2NOS2. The van der Waals surface area contributed by atoms with E-state index in [0.29, 0.717) is 4.88 Å². The molecule has 1 aromatic carbocycles.